The molecule has 4 fully saturated rings. The van der Waals surface area contributed by atoms with Crippen LogP contribution in [0.25, 0.3) is 11.3 Å². The van der Waals surface area contributed by atoms with Crippen LogP contribution in [0.5, 0.6) is 0 Å². The Morgan fingerprint density at radius 1 is 0.971 bits per heavy atom. The number of rotatable bonds is 7. The molecule has 4 atom stereocenters. The van der Waals surface area contributed by atoms with E-state index in [9.17, 15) is 4.79 Å². The SMILES string of the molecule is O=C(NC1CC1)c1ccc(-c2ccc(N[C@H]3C[C@@H]4CN[C@@H](CC5CCOCC5)[C@H]4C3)nn2)cc1. The van der Waals surface area contributed by atoms with E-state index in [4.69, 9.17) is 4.74 Å². The van der Waals surface area contributed by atoms with Gasteiger partial charge >= 0.3 is 0 Å². The molecule has 1 aromatic heterocycles. The molecule has 2 saturated heterocycles. The summed E-state index contributed by atoms with van der Waals surface area (Å²) in [5.41, 5.74) is 2.49. The Balaban J connectivity index is 1.03. The molecule has 4 aliphatic rings. The van der Waals surface area contributed by atoms with E-state index in [1.54, 1.807) is 0 Å². The van der Waals surface area contributed by atoms with Crippen molar-refractivity contribution < 1.29 is 9.53 Å². The van der Waals surface area contributed by atoms with Gasteiger partial charge in [0.1, 0.15) is 5.82 Å². The average Bonchev–Trinajstić information content (AvgIpc) is 3.49. The molecule has 6 rings (SSSR count). The van der Waals surface area contributed by atoms with Crippen LogP contribution in [0.3, 0.4) is 0 Å². The number of benzene rings is 1. The van der Waals surface area contributed by atoms with Gasteiger partial charge in [-0.25, -0.2) is 0 Å². The second kappa shape index (κ2) is 9.62. The van der Waals surface area contributed by atoms with Crippen molar-refractivity contribution >= 4 is 11.7 Å². The molecular weight excluding hydrogens is 426 g/mol. The van der Waals surface area contributed by atoms with Crippen molar-refractivity contribution in [1.82, 2.24) is 20.8 Å². The van der Waals surface area contributed by atoms with Gasteiger partial charge in [-0.1, -0.05) is 12.1 Å². The van der Waals surface area contributed by atoms with Crippen LogP contribution in [0.4, 0.5) is 5.82 Å². The van der Waals surface area contributed by atoms with Crippen LogP contribution in [0.1, 0.15) is 55.3 Å². The van der Waals surface area contributed by atoms with E-state index in [1.165, 1.54) is 32.1 Å². The maximum atomic E-state index is 12.2. The van der Waals surface area contributed by atoms with E-state index >= 15 is 0 Å². The average molecular weight is 462 g/mol. The second-order valence-corrected chi connectivity index (χ2v) is 10.7. The summed E-state index contributed by atoms with van der Waals surface area (Å²) in [6.45, 7) is 3.02. The fraction of sp³-hybridized carbons (Fsp3) is 0.593. The van der Waals surface area contributed by atoms with Gasteiger partial charge in [-0.2, -0.15) is 0 Å². The highest BCUT2D eigenvalue weighted by Crippen LogP contribution is 2.41. The molecule has 0 unspecified atom stereocenters. The van der Waals surface area contributed by atoms with Gasteiger partial charge in [-0.05, 0) is 93.5 Å². The lowest BCUT2D eigenvalue weighted by Gasteiger charge is -2.27. The summed E-state index contributed by atoms with van der Waals surface area (Å²) in [5.74, 6) is 3.21. The molecular formula is C27H35N5O2. The first-order valence-electron chi connectivity index (χ1n) is 13.0. The number of hydrogen-bond donors (Lipinski definition) is 3. The van der Waals surface area contributed by atoms with Crippen LogP contribution < -0.4 is 16.0 Å². The molecule has 1 aromatic carbocycles. The van der Waals surface area contributed by atoms with Gasteiger partial charge in [0, 0.05) is 42.5 Å². The molecule has 1 amide bonds. The molecule has 2 aliphatic heterocycles. The van der Waals surface area contributed by atoms with Crippen LogP contribution in [0.15, 0.2) is 36.4 Å². The Labute approximate surface area is 201 Å². The van der Waals surface area contributed by atoms with Crippen molar-refractivity contribution in [2.24, 2.45) is 17.8 Å². The molecule has 2 aliphatic carbocycles. The van der Waals surface area contributed by atoms with Crippen molar-refractivity contribution in [2.75, 3.05) is 25.1 Å². The number of amides is 1. The standard InChI is InChI=1S/C27H35N5O2/c33-27(30-21-5-6-21)19-3-1-18(2-4-19)24-7-8-26(32-31-24)29-22-14-20-16-28-25(23(20)15-22)13-17-9-11-34-12-10-17/h1-4,7-8,17,20-23,25,28H,5-6,9-16H2,(H,29,32)(H,30,33)/t20-,22+,23+,25+/m1/s1. The van der Waals surface area contributed by atoms with Gasteiger partial charge in [-0.15, -0.1) is 10.2 Å². The fourth-order valence-electron chi connectivity index (χ4n) is 6.12. The van der Waals surface area contributed by atoms with Gasteiger partial charge in [0.15, 0.2) is 0 Å². The summed E-state index contributed by atoms with van der Waals surface area (Å²) in [6, 6.07) is 13.2. The smallest absolute Gasteiger partial charge is 0.251 e. The Kier molecular flexibility index (Phi) is 6.22. The molecule has 3 N–H and O–H groups in total. The zero-order valence-electron chi connectivity index (χ0n) is 19.7. The number of fused-ring (bicyclic) bond motifs is 1. The Morgan fingerprint density at radius 2 is 1.79 bits per heavy atom. The summed E-state index contributed by atoms with van der Waals surface area (Å²) in [6.07, 6.45) is 8.33. The monoisotopic (exact) mass is 461 g/mol. The summed E-state index contributed by atoms with van der Waals surface area (Å²) < 4.78 is 5.54. The molecule has 0 radical (unpaired) electrons. The lowest BCUT2D eigenvalue weighted by molar-refractivity contribution is 0.0594. The summed E-state index contributed by atoms with van der Waals surface area (Å²) in [5, 5.41) is 19.4. The van der Waals surface area contributed by atoms with Gasteiger partial charge < -0.3 is 20.7 Å². The number of nitrogens with one attached hydrogen (secondary N) is 3. The second-order valence-electron chi connectivity index (χ2n) is 10.7. The van der Waals surface area contributed by atoms with E-state index < -0.39 is 0 Å². The van der Waals surface area contributed by atoms with Crippen molar-refractivity contribution in [3.8, 4) is 11.3 Å². The Morgan fingerprint density at radius 3 is 2.53 bits per heavy atom. The molecule has 0 spiro atoms. The van der Waals surface area contributed by atoms with E-state index in [1.807, 2.05) is 36.4 Å². The maximum absolute atomic E-state index is 12.2. The number of carbonyl (C=O) groups excluding carboxylic acids is 1. The highest BCUT2D eigenvalue weighted by Gasteiger charge is 2.43. The zero-order valence-corrected chi connectivity index (χ0v) is 19.7. The first kappa shape index (κ1) is 22.0. The normalized spacial score (nSPS) is 29.1. The first-order chi connectivity index (χ1) is 16.7. The Hall–Kier alpha value is -2.51. The molecule has 0 bridgehead atoms. The molecule has 2 saturated carbocycles. The van der Waals surface area contributed by atoms with Crippen molar-refractivity contribution in [2.45, 2.75) is 63.1 Å². The third-order valence-electron chi connectivity index (χ3n) is 8.21. The number of ether oxygens (including phenoxy) is 1. The van der Waals surface area contributed by atoms with E-state index in [2.05, 4.69) is 26.1 Å². The lowest BCUT2D eigenvalue weighted by Crippen LogP contribution is -2.33. The number of nitrogens with zero attached hydrogens (tertiary/aromatic N) is 2. The largest absolute Gasteiger partial charge is 0.381 e. The van der Waals surface area contributed by atoms with Crippen molar-refractivity contribution in [3.63, 3.8) is 0 Å². The Bertz CT molecular complexity index is 985. The first-order valence-corrected chi connectivity index (χ1v) is 13.0. The minimum absolute atomic E-state index is 0.00575. The molecule has 180 valence electrons. The molecule has 7 heteroatoms. The van der Waals surface area contributed by atoms with Crippen LogP contribution in [-0.2, 0) is 4.74 Å². The zero-order chi connectivity index (χ0) is 22.9. The lowest BCUT2D eigenvalue weighted by atomic mass is 9.85. The third-order valence-corrected chi connectivity index (χ3v) is 8.21. The maximum Gasteiger partial charge on any atom is 0.251 e. The molecule has 34 heavy (non-hydrogen) atoms. The number of hydrogen-bond acceptors (Lipinski definition) is 6. The van der Waals surface area contributed by atoms with Crippen LogP contribution >= 0.6 is 0 Å². The molecule has 3 heterocycles. The fourth-order valence-corrected chi connectivity index (χ4v) is 6.12. The highest BCUT2D eigenvalue weighted by molar-refractivity contribution is 5.95. The number of aromatic nitrogens is 2. The summed E-state index contributed by atoms with van der Waals surface area (Å²) in [7, 11) is 0. The van der Waals surface area contributed by atoms with Crippen LogP contribution in [-0.4, -0.2) is 54.0 Å². The topological polar surface area (TPSA) is 88.2 Å². The quantitative estimate of drug-likeness (QED) is 0.584. The van der Waals surface area contributed by atoms with Crippen LogP contribution in [0.2, 0.25) is 0 Å². The van der Waals surface area contributed by atoms with E-state index in [0.717, 1.165) is 67.4 Å². The van der Waals surface area contributed by atoms with Gasteiger partial charge in [0.2, 0.25) is 0 Å². The van der Waals surface area contributed by atoms with Gasteiger partial charge in [0.05, 0.1) is 5.69 Å². The summed E-state index contributed by atoms with van der Waals surface area (Å²) >= 11 is 0. The van der Waals surface area contributed by atoms with E-state index in [0.29, 0.717) is 23.7 Å². The van der Waals surface area contributed by atoms with Gasteiger partial charge in [0.25, 0.3) is 5.91 Å². The minimum Gasteiger partial charge on any atom is -0.381 e. The number of carbonyl (C=O) groups is 1. The van der Waals surface area contributed by atoms with E-state index in [-0.39, 0.29) is 5.91 Å². The van der Waals surface area contributed by atoms with Gasteiger partial charge in [-0.3, -0.25) is 4.79 Å². The predicted molar refractivity (Wildman–Crippen MR) is 132 cm³/mol. The molecule has 2 aromatic rings. The third kappa shape index (κ3) is 4.96. The minimum atomic E-state index is 0.00575. The van der Waals surface area contributed by atoms with Crippen molar-refractivity contribution in [3.05, 3.63) is 42.0 Å². The predicted octanol–water partition coefficient (Wildman–Crippen LogP) is 3.63. The number of anilines is 1. The van der Waals surface area contributed by atoms with Crippen molar-refractivity contribution in [1.29, 1.82) is 0 Å². The molecule has 7 nitrogen and oxygen atoms in total. The highest BCUT2D eigenvalue weighted by atomic mass is 16.5. The summed E-state index contributed by atoms with van der Waals surface area (Å²) in [4.78, 5) is 12.2. The van der Waals surface area contributed by atoms with Crippen LogP contribution in [0, 0.1) is 17.8 Å².